The number of ether oxygens (including phenoxy) is 1. The van der Waals surface area contributed by atoms with Crippen molar-refractivity contribution in [3.05, 3.63) is 67.3 Å². The van der Waals surface area contributed by atoms with E-state index in [1.165, 1.54) is 17.5 Å². The average Bonchev–Trinajstić information content (AvgIpc) is 2.53. The van der Waals surface area contributed by atoms with E-state index in [4.69, 9.17) is 4.74 Å². The molecule has 0 heterocycles. The first-order valence-electron chi connectivity index (χ1n) is 6.43. The molecule has 0 N–H and O–H groups in total. The highest BCUT2D eigenvalue weighted by molar-refractivity contribution is 7.93. The largest absolute Gasteiger partial charge is 0.495 e. The van der Waals surface area contributed by atoms with E-state index < -0.39 is 10.0 Å². The lowest BCUT2D eigenvalue weighted by molar-refractivity contribution is 0.402. The first kappa shape index (κ1) is 15.1. The quantitative estimate of drug-likeness (QED) is 0.770. The maximum atomic E-state index is 12.9. The summed E-state index contributed by atoms with van der Waals surface area (Å²) in [5.41, 5.74) is 0.586. The lowest BCUT2D eigenvalue weighted by Gasteiger charge is -2.24. The third-order valence-corrected chi connectivity index (χ3v) is 4.81. The smallest absolute Gasteiger partial charge is 0.268 e. The van der Waals surface area contributed by atoms with Crippen LogP contribution in [0.25, 0.3) is 0 Å². The van der Waals surface area contributed by atoms with Gasteiger partial charge in [-0.3, -0.25) is 4.31 Å². The predicted octanol–water partition coefficient (Wildman–Crippen LogP) is 3.08. The highest BCUT2D eigenvalue weighted by Gasteiger charge is 2.26. The van der Waals surface area contributed by atoms with E-state index in [-0.39, 0.29) is 11.4 Å². The van der Waals surface area contributed by atoms with Crippen molar-refractivity contribution < 1.29 is 13.2 Å². The van der Waals surface area contributed by atoms with Crippen LogP contribution < -0.4 is 9.04 Å². The summed E-state index contributed by atoms with van der Waals surface area (Å²) in [4.78, 5) is 0.137. The molecule has 21 heavy (non-hydrogen) atoms. The SMILES string of the molecule is C=CCN(c1ccccc1)S(=O)(=O)c1ccccc1OC. The zero-order valence-corrected chi connectivity index (χ0v) is 12.6. The normalized spacial score (nSPS) is 10.9. The summed E-state index contributed by atoms with van der Waals surface area (Å²) < 4.78 is 32.3. The molecule has 0 aliphatic heterocycles. The topological polar surface area (TPSA) is 46.6 Å². The number of sulfonamides is 1. The van der Waals surface area contributed by atoms with E-state index >= 15 is 0 Å². The zero-order chi connectivity index (χ0) is 15.3. The molecule has 110 valence electrons. The number of rotatable bonds is 6. The zero-order valence-electron chi connectivity index (χ0n) is 11.8. The molecule has 0 amide bonds. The van der Waals surface area contributed by atoms with Gasteiger partial charge in [-0.05, 0) is 24.3 Å². The van der Waals surface area contributed by atoms with Crippen molar-refractivity contribution in [2.75, 3.05) is 18.0 Å². The predicted molar refractivity (Wildman–Crippen MR) is 84.2 cm³/mol. The Hall–Kier alpha value is -2.27. The summed E-state index contributed by atoms with van der Waals surface area (Å²) in [5, 5.41) is 0. The van der Waals surface area contributed by atoms with Gasteiger partial charge < -0.3 is 4.74 Å². The van der Waals surface area contributed by atoms with Gasteiger partial charge >= 0.3 is 0 Å². The van der Waals surface area contributed by atoms with Crippen LogP contribution >= 0.6 is 0 Å². The Kier molecular flexibility index (Phi) is 4.65. The van der Waals surface area contributed by atoms with Crippen LogP contribution in [-0.4, -0.2) is 22.1 Å². The van der Waals surface area contributed by atoms with Gasteiger partial charge in [0.15, 0.2) is 0 Å². The van der Waals surface area contributed by atoms with Gasteiger partial charge in [0, 0.05) is 0 Å². The number of hydrogen-bond acceptors (Lipinski definition) is 3. The van der Waals surface area contributed by atoms with Crippen molar-refractivity contribution >= 4 is 15.7 Å². The third-order valence-electron chi connectivity index (χ3n) is 2.98. The molecule has 4 nitrogen and oxygen atoms in total. The maximum absolute atomic E-state index is 12.9. The van der Waals surface area contributed by atoms with E-state index in [0.29, 0.717) is 11.4 Å². The van der Waals surface area contributed by atoms with Crippen molar-refractivity contribution in [1.29, 1.82) is 0 Å². The Labute approximate surface area is 125 Å². The molecule has 0 aromatic heterocycles. The van der Waals surface area contributed by atoms with E-state index in [2.05, 4.69) is 6.58 Å². The van der Waals surface area contributed by atoms with Gasteiger partial charge in [0.25, 0.3) is 10.0 Å². The van der Waals surface area contributed by atoms with E-state index in [1.54, 1.807) is 48.5 Å². The van der Waals surface area contributed by atoms with E-state index in [1.807, 2.05) is 6.07 Å². The number of para-hydroxylation sites is 2. The number of anilines is 1. The lowest BCUT2D eigenvalue weighted by atomic mass is 10.3. The Morgan fingerprint density at radius 3 is 2.33 bits per heavy atom. The minimum atomic E-state index is -3.72. The van der Waals surface area contributed by atoms with Gasteiger partial charge in [-0.25, -0.2) is 8.42 Å². The van der Waals surface area contributed by atoms with Crippen molar-refractivity contribution in [2.45, 2.75) is 4.90 Å². The van der Waals surface area contributed by atoms with Crippen LogP contribution in [0.3, 0.4) is 0 Å². The van der Waals surface area contributed by atoms with Gasteiger partial charge in [-0.1, -0.05) is 36.4 Å². The second-order valence-electron chi connectivity index (χ2n) is 4.31. The van der Waals surface area contributed by atoms with Crippen LogP contribution in [0.1, 0.15) is 0 Å². The fourth-order valence-corrected chi connectivity index (χ4v) is 3.60. The molecule has 0 fully saturated rings. The molecule has 0 aliphatic carbocycles. The van der Waals surface area contributed by atoms with Crippen LogP contribution in [0, 0.1) is 0 Å². The molecule has 0 spiro atoms. The van der Waals surface area contributed by atoms with Gasteiger partial charge in [-0.2, -0.15) is 0 Å². The summed E-state index contributed by atoms with van der Waals surface area (Å²) in [5.74, 6) is 0.322. The number of methoxy groups -OCH3 is 1. The molecule has 0 unspecified atom stereocenters. The molecular formula is C16H17NO3S. The fourth-order valence-electron chi connectivity index (χ4n) is 2.00. The number of benzene rings is 2. The van der Waals surface area contributed by atoms with Crippen LogP contribution in [0.2, 0.25) is 0 Å². The second kappa shape index (κ2) is 6.45. The molecule has 2 aromatic rings. The standard InChI is InChI=1S/C16H17NO3S/c1-3-13-17(14-9-5-4-6-10-14)21(18,19)16-12-8-7-11-15(16)20-2/h3-12H,1,13H2,2H3. The van der Waals surface area contributed by atoms with Crippen molar-refractivity contribution in [1.82, 2.24) is 0 Å². The van der Waals surface area contributed by atoms with Gasteiger partial charge in [0.1, 0.15) is 10.6 Å². The third kappa shape index (κ3) is 3.08. The van der Waals surface area contributed by atoms with Crippen molar-refractivity contribution in [3.8, 4) is 5.75 Å². The van der Waals surface area contributed by atoms with E-state index in [0.717, 1.165) is 0 Å². The van der Waals surface area contributed by atoms with Gasteiger partial charge in [0.05, 0.1) is 19.3 Å². The molecule has 2 rings (SSSR count). The molecular weight excluding hydrogens is 286 g/mol. The van der Waals surface area contributed by atoms with Crippen molar-refractivity contribution in [2.24, 2.45) is 0 Å². The van der Waals surface area contributed by atoms with Crippen molar-refractivity contribution in [3.63, 3.8) is 0 Å². The summed E-state index contributed by atoms with van der Waals surface area (Å²) >= 11 is 0. The highest BCUT2D eigenvalue weighted by Crippen LogP contribution is 2.29. The summed E-state index contributed by atoms with van der Waals surface area (Å²) in [6.07, 6.45) is 1.56. The molecule has 5 heteroatoms. The monoisotopic (exact) mass is 303 g/mol. The minimum absolute atomic E-state index is 0.137. The number of nitrogens with zero attached hydrogens (tertiary/aromatic N) is 1. The lowest BCUT2D eigenvalue weighted by Crippen LogP contribution is -2.31. The molecule has 0 bridgehead atoms. The molecule has 0 radical (unpaired) electrons. The first-order chi connectivity index (χ1) is 10.1. The fraction of sp³-hybridized carbons (Fsp3) is 0.125. The molecule has 0 saturated heterocycles. The average molecular weight is 303 g/mol. The van der Waals surface area contributed by atoms with Crippen LogP contribution in [0.4, 0.5) is 5.69 Å². The minimum Gasteiger partial charge on any atom is -0.495 e. The molecule has 0 saturated carbocycles. The van der Waals surface area contributed by atoms with E-state index in [9.17, 15) is 8.42 Å². The maximum Gasteiger partial charge on any atom is 0.268 e. The summed E-state index contributed by atoms with van der Waals surface area (Å²) in [7, 11) is -2.27. The van der Waals surface area contributed by atoms with Crippen LogP contribution in [0.5, 0.6) is 5.75 Å². The Morgan fingerprint density at radius 1 is 1.10 bits per heavy atom. The highest BCUT2D eigenvalue weighted by atomic mass is 32.2. The Balaban J connectivity index is 2.55. The Bertz CT molecular complexity index is 711. The van der Waals surface area contributed by atoms with Crippen LogP contribution in [-0.2, 0) is 10.0 Å². The first-order valence-corrected chi connectivity index (χ1v) is 7.87. The summed E-state index contributed by atoms with van der Waals surface area (Å²) in [6, 6.07) is 15.5. The second-order valence-corrected chi connectivity index (χ2v) is 6.14. The van der Waals surface area contributed by atoms with Crippen LogP contribution in [0.15, 0.2) is 72.1 Å². The van der Waals surface area contributed by atoms with Gasteiger partial charge in [0.2, 0.25) is 0 Å². The molecule has 0 aliphatic rings. The summed E-state index contributed by atoms with van der Waals surface area (Å²) in [6.45, 7) is 3.82. The van der Waals surface area contributed by atoms with Gasteiger partial charge in [-0.15, -0.1) is 6.58 Å². The Morgan fingerprint density at radius 2 is 1.71 bits per heavy atom. The molecule has 0 atom stereocenters. The molecule has 2 aromatic carbocycles. The number of hydrogen-bond donors (Lipinski definition) is 0.